The van der Waals surface area contributed by atoms with Gasteiger partial charge in [-0.2, -0.15) is 0 Å². The second-order valence-corrected chi connectivity index (χ2v) is 15.0. The third-order valence-electron chi connectivity index (χ3n) is 10.2. The maximum Gasteiger partial charge on any atom is 0.243 e. The van der Waals surface area contributed by atoms with Gasteiger partial charge in [0.25, 0.3) is 0 Å². The number of amides is 4. The Balaban J connectivity index is 1.52. The predicted octanol–water partition coefficient (Wildman–Crippen LogP) is 2.74. The maximum atomic E-state index is 14.3. The third kappa shape index (κ3) is 12.0. The van der Waals surface area contributed by atoms with Crippen LogP contribution < -0.4 is 21.7 Å². The number of Topliss-reactive ketones (excluding diaryl/α,β-unsaturated/α-hetero) is 1. The Labute approximate surface area is 307 Å². The molecule has 52 heavy (non-hydrogen) atoms. The number of nitrogens with two attached hydrogens (primary N) is 1. The van der Waals surface area contributed by atoms with Crippen molar-refractivity contribution in [3.8, 4) is 0 Å². The smallest absolute Gasteiger partial charge is 0.243 e. The first-order valence-electron chi connectivity index (χ1n) is 18.5. The van der Waals surface area contributed by atoms with Gasteiger partial charge in [-0.05, 0) is 61.5 Å². The van der Waals surface area contributed by atoms with Crippen LogP contribution in [0.25, 0.3) is 0 Å². The molecule has 0 aliphatic carbocycles. The SMILES string of the molecule is CC(C)CC(NC(=O)C(C(C)CC(NC(=O)[C@H](CCc1ccccc1)NC(=O)CN1CCOCC1)C(N)=O)C(C)c1ccccc1)C(=O)C1(C)CO1. The van der Waals surface area contributed by atoms with E-state index in [0.29, 0.717) is 52.2 Å². The van der Waals surface area contributed by atoms with Crippen molar-refractivity contribution in [2.45, 2.75) is 89.9 Å². The molecule has 4 amide bonds. The molecule has 284 valence electrons. The number of aryl methyl sites for hydroxylation is 1. The summed E-state index contributed by atoms with van der Waals surface area (Å²) in [4.78, 5) is 69.6. The first kappa shape index (κ1) is 40.6. The van der Waals surface area contributed by atoms with Crippen LogP contribution in [0.5, 0.6) is 0 Å². The number of nitrogens with one attached hydrogen (secondary N) is 3. The lowest BCUT2D eigenvalue weighted by atomic mass is 9.76. The molecule has 2 aliphatic rings. The van der Waals surface area contributed by atoms with Crippen LogP contribution in [0.4, 0.5) is 0 Å². The molecule has 2 fully saturated rings. The van der Waals surface area contributed by atoms with Crippen molar-refractivity contribution < 1.29 is 33.4 Å². The Hall–Kier alpha value is -4.13. The molecule has 4 rings (SSSR count). The van der Waals surface area contributed by atoms with Crippen LogP contribution in [0.15, 0.2) is 60.7 Å². The van der Waals surface area contributed by atoms with Crippen molar-refractivity contribution in [1.29, 1.82) is 0 Å². The molecule has 0 aromatic heterocycles. The number of carbonyl (C=O) groups excluding carboxylic acids is 5. The molecule has 2 heterocycles. The molecule has 12 nitrogen and oxygen atoms in total. The summed E-state index contributed by atoms with van der Waals surface area (Å²) in [7, 11) is 0. The number of morpholine rings is 1. The summed E-state index contributed by atoms with van der Waals surface area (Å²) in [5, 5.41) is 8.74. The Morgan fingerprint density at radius 1 is 0.808 bits per heavy atom. The van der Waals surface area contributed by atoms with Crippen molar-refractivity contribution in [3.05, 3.63) is 71.8 Å². The molecule has 0 radical (unpaired) electrons. The molecule has 2 aromatic carbocycles. The fraction of sp³-hybridized carbons (Fsp3) is 0.575. The molecule has 0 spiro atoms. The van der Waals surface area contributed by atoms with Crippen LogP contribution in [-0.2, 0) is 39.9 Å². The first-order chi connectivity index (χ1) is 24.8. The fourth-order valence-electron chi connectivity index (χ4n) is 7.00. The van der Waals surface area contributed by atoms with E-state index in [1.807, 2.05) is 93.3 Å². The predicted molar refractivity (Wildman–Crippen MR) is 198 cm³/mol. The lowest BCUT2D eigenvalue weighted by Crippen LogP contribution is -2.55. The van der Waals surface area contributed by atoms with E-state index in [-0.39, 0.29) is 42.4 Å². The van der Waals surface area contributed by atoms with Gasteiger partial charge in [0, 0.05) is 19.0 Å². The highest BCUT2D eigenvalue weighted by Gasteiger charge is 2.50. The minimum Gasteiger partial charge on any atom is -0.379 e. The number of epoxide rings is 1. The normalized spacial score (nSPS) is 20.8. The van der Waals surface area contributed by atoms with Crippen LogP contribution in [0.1, 0.15) is 70.9 Å². The zero-order valence-corrected chi connectivity index (χ0v) is 31.3. The van der Waals surface area contributed by atoms with Gasteiger partial charge < -0.3 is 31.2 Å². The summed E-state index contributed by atoms with van der Waals surface area (Å²) < 4.78 is 10.8. The molecule has 12 heteroatoms. The van der Waals surface area contributed by atoms with Gasteiger partial charge in [0.15, 0.2) is 5.78 Å². The summed E-state index contributed by atoms with van der Waals surface area (Å²) in [6.45, 7) is 12.3. The number of nitrogens with zero attached hydrogens (tertiary/aromatic N) is 1. The Morgan fingerprint density at radius 2 is 1.40 bits per heavy atom. The number of ether oxygens (including phenoxy) is 2. The van der Waals surface area contributed by atoms with Crippen molar-refractivity contribution >= 4 is 29.4 Å². The van der Waals surface area contributed by atoms with Crippen LogP contribution >= 0.6 is 0 Å². The van der Waals surface area contributed by atoms with Crippen LogP contribution in [0.2, 0.25) is 0 Å². The van der Waals surface area contributed by atoms with Gasteiger partial charge in [-0.1, -0.05) is 88.4 Å². The van der Waals surface area contributed by atoms with E-state index < -0.39 is 47.4 Å². The first-order valence-corrected chi connectivity index (χ1v) is 18.5. The Bertz CT molecular complexity index is 1490. The summed E-state index contributed by atoms with van der Waals surface area (Å²) in [5.41, 5.74) is 6.91. The number of hydrogen-bond donors (Lipinski definition) is 4. The molecule has 7 atom stereocenters. The molecular weight excluding hydrogens is 662 g/mol. The molecule has 2 aliphatic heterocycles. The average Bonchev–Trinajstić information content (AvgIpc) is 3.88. The van der Waals surface area contributed by atoms with E-state index in [1.54, 1.807) is 6.92 Å². The summed E-state index contributed by atoms with van der Waals surface area (Å²) in [5.74, 6) is -3.37. The topological polar surface area (TPSA) is 172 Å². The van der Waals surface area contributed by atoms with Crippen LogP contribution in [-0.4, -0.2) is 97.5 Å². The van der Waals surface area contributed by atoms with Crippen molar-refractivity contribution in [2.24, 2.45) is 23.5 Å². The van der Waals surface area contributed by atoms with E-state index >= 15 is 0 Å². The second kappa shape index (κ2) is 19.1. The van der Waals surface area contributed by atoms with E-state index in [0.717, 1.165) is 11.1 Å². The highest BCUT2D eigenvalue weighted by Crippen LogP contribution is 2.34. The van der Waals surface area contributed by atoms with E-state index in [4.69, 9.17) is 15.2 Å². The van der Waals surface area contributed by atoms with Gasteiger partial charge in [0.1, 0.15) is 17.7 Å². The molecular formula is C40H57N5O7. The van der Waals surface area contributed by atoms with Crippen molar-refractivity contribution in [2.75, 3.05) is 39.5 Å². The fourth-order valence-corrected chi connectivity index (χ4v) is 7.00. The molecule has 2 aromatic rings. The zero-order valence-electron chi connectivity index (χ0n) is 31.3. The standard InChI is InChI=1S/C40H57N5O7/c1-26(2)22-32(36(47)40(5)25-52-40)43-39(50)35(28(4)30-14-10-7-11-15-30)27(3)23-33(37(41)48)44-38(49)31(17-16-29-12-8-6-9-13-29)42-34(46)24-45-18-20-51-21-19-45/h6-15,26-28,31-33,35H,16-25H2,1-5H3,(H2,41,48)(H,42,46)(H,43,50)(H,44,49)/t27?,28?,31-,32?,33?,35?,40?/m0/s1. The lowest BCUT2D eigenvalue weighted by molar-refractivity contribution is -0.134. The van der Waals surface area contributed by atoms with Crippen LogP contribution in [0.3, 0.4) is 0 Å². The minimum absolute atomic E-state index is 0.0626. The highest BCUT2D eigenvalue weighted by atomic mass is 16.6. The lowest BCUT2D eigenvalue weighted by Gasteiger charge is -2.33. The zero-order chi connectivity index (χ0) is 37.8. The number of carbonyl (C=O) groups is 5. The van der Waals surface area contributed by atoms with Crippen LogP contribution in [0, 0.1) is 17.8 Å². The maximum absolute atomic E-state index is 14.3. The highest BCUT2D eigenvalue weighted by molar-refractivity contribution is 5.97. The van der Waals surface area contributed by atoms with Crippen molar-refractivity contribution in [3.63, 3.8) is 0 Å². The quantitative estimate of drug-likeness (QED) is 0.151. The second-order valence-electron chi connectivity index (χ2n) is 15.0. The van der Waals surface area contributed by atoms with Gasteiger partial charge in [-0.25, -0.2) is 0 Å². The average molecular weight is 720 g/mol. The number of hydrogen-bond acceptors (Lipinski definition) is 8. The van der Waals surface area contributed by atoms with Gasteiger partial charge in [0.05, 0.1) is 32.4 Å². The summed E-state index contributed by atoms with van der Waals surface area (Å²) >= 11 is 0. The molecule has 0 saturated carbocycles. The molecule has 2 saturated heterocycles. The van der Waals surface area contributed by atoms with Gasteiger partial charge in [0.2, 0.25) is 23.6 Å². The number of ketones is 1. The van der Waals surface area contributed by atoms with E-state index in [2.05, 4.69) is 16.0 Å². The minimum atomic E-state index is -1.12. The summed E-state index contributed by atoms with van der Waals surface area (Å²) in [6.07, 6.45) is 1.33. The van der Waals surface area contributed by atoms with E-state index in [1.165, 1.54) is 0 Å². The number of benzene rings is 2. The Morgan fingerprint density at radius 3 is 1.98 bits per heavy atom. The Kier molecular flexibility index (Phi) is 14.9. The van der Waals surface area contributed by atoms with Crippen molar-refractivity contribution in [1.82, 2.24) is 20.9 Å². The van der Waals surface area contributed by atoms with E-state index in [9.17, 15) is 24.0 Å². The van der Waals surface area contributed by atoms with Gasteiger partial charge in [-0.15, -0.1) is 0 Å². The summed E-state index contributed by atoms with van der Waals surface area (Å²) in [6, 6.07) is 16.4. The third-order valence-corrected chi connectivity index (χ3v) is 10.2. The molecule has 6 unspecified atom stereocenters. The van der Waals surface area contributed by atoms with Gasteiger partial charge >= 0.3 is 0 Å². The monoisotopic (exact) mass is 719 g/mol. The molecule has 5 N–H and O–H groups in total. The van der Waals surface area contributed by atoms with Gasteiger partial charge in [-0.3, -0.25) is 28.9 Å². The number of primary amides is 1. The number of rotatable bonds is 20. The molecule has 0 bridgehead atoms. The largest absolute Gasteiger partial charge is 0.379 e.